The summed E-state index contributed by atoms with van der Waals surface area (Å²) in [5, 5.41) is 4.58. The van der Waals surface area contributed by atoms with Gasteiger partial charge in [0, 0.05) is 31.9 Å². The minimum atomic E-state index is 0.817. The minimum absolute atomic E-state index is 0.817. The summed E-state index contributed by atoms with van der Waals surface area (Å²) >= 11 is 0. The van der Waals surface area contributed by atoms with Gasteiger partial charge in [-0.25, -0.2) is 0 Å². The molecule has 118 valence electrons. The average molecular weight is 348 g/mol. The average Bonchev–Trinajstić information content (AvgIpc) is 2.63. The monoisotopic (exact) mass is 348 g/mol. The van der Waals surface area contributed by atoms with Crippen molar-refractivity contribution in [2.45, 2.75) is 9.79 Å². The van der Waals surface area contributed by atoms with E-state index in [1.165, 1.54) is 20.6 Å². The van der Waals surface area contributed by atoms with Crippen LogP contribution in [0.15, 0.2) is 82.6 Å². The van der Waals surface area contributed by atoms with Crippen molar-refractivity contribution in [2.24, 2.45) is 0 Å². The fourth-order valence-corrected chi connectivity index (χ4v) is 5.20. The number of hydrogen-bond acceptors (Lipinski definition) is 4. The van der Waals surface area contributed by atoms with E-state index >= 15 is 0 Å². The maximum Gasteiger partial charge on any atom is 0.0394 e. The standard InChI is InChI=1S/C20H16N2S2/c21-17-9-11-19(15-7-3-1-5-13(15)17)23-24-20-12-10-18(22)14-6-2-4-8-16(14)20/h1-12H,21-22H2. The Morgan fingerprint density at radius 2 is 0.833 bits per heavy atom. The molecular weight excluding hydrogens is 332 g/mol. The van der Waals surface area contributed by atoms with E-state index < -0.39 is 0 Å². The Morgan fingerprint density at radius 1 is 0.458 bits per heavy atom. The van der Waals surface area contributed by atoms with Crippen LogP contribution < -0.4 is 11.5 Å². The summed E-state index contributed by atoms with van der Waals surface area (Å²) in [5.41, 5.74) is 13.8. The second-order valence-corrected chi connectivity index (χ2v) is 7.78. The Bertz CT molecular complexity index is 959. The van der Waals surface area contributed by atoms with Crippen molar-refractivity contribution >= 4 is 54.5 Å². The summed E-state index contributed by atoms with van der Waals surface area (Å²) in [5.74, 6) is 0. The normalized spacial score (nSPS) is 11.2. The van der Waals surface area contributed by atoms with Gasteiger partial charge in [0.2, 0.25) is 0 Å². The van der Waals surface area contributed by atoms with Gasteiger partial charge in [-0.15, -0.1) is 0 Å². The third-order valence-corrected chi connectivity index (χ3v) is 6.54. The smallest absolute Gasteiger partial charge is 0.0394 e. The lowest BCUT2D eigenvalue weighted by molar-refractivity contribution is 1.54. The van der Waals surface area contributed by atoms with Gasteiger partial charge in [-0.2, -0.15) is 0 Å². The highest BCUT2D eigenvalue weighted by atomic mass is 33.1. The molecular formula is C20H16N2S2. The molecule has 4 rings (SSSR count). The van der Waals surface area contributed by atoms with Crippen LogP contribution in [0.3, 0.4) is 0 Å². The molecule has 2 nitrogen and oxygen atoms in total. The maximum atomic E-state index is 6.09. The van der Waals surface area contributed by atoms with E-state index in [0.29, 0.717) is 0 Å². The highest BCUT2D eigenvalue weighted by Crippen LogP contribution is 2.44. The summed E-state index contributed by atoms with van der Waals surface area (Å²) < 4.78 is 0. The third kappa shape index (κ3) is 2.68. The molecule has 0 aliphatic carbocycles. The molecule has 0 aliphatic rings. The molecule has 0 aliphatic heterocycles. The molecule has 4 aromatic carbocycles. The predicted molar refractivity (Wildman–Crippen MR) is 108 cm³/mol. The topological polar surface area (TPSA) is 52.0 Å². The largest absolute Gasteiger partial charge is 0.398 e. The Balaban J connectivity index is 1.72. The molecule has 0 bridgehead atoms. The molecule has 0 heterocycles. The number of hydrogen-bond donors (Lipinski definition) is 2. The molecule has 0 atom stereocenters. The summed E-state index contributed by atoms with van der Waals surface area (Å²) in [7, 11) is 3.51. The molecule has 0 spiro atoms. The Labute approximate surface area is 148 Å². The molecule has 4 N–H and O–H groups in total. The van der Waals surface area contributed by atoms with Crippen molar-refractivity contribution in [3.63, 3.8) is 0 Å². The molecule has 0 aromatic heterocycles. The van der Waals surface area contributed by atoms with Gasteiger partial charge in [0.05, 0.1) is 0 Å². The predicted octanol–water partition coefficient (Wildman–Crippen LogP) is 5.96. The summed E-state index contributed by atoms with van der Waals surface area (Å²) in [6.45, 7) is 0. The first kappa shape index (κ1) is 15.2. The van der Waals surface area contributed by atoms with Crippen LogP contribution in [-0.2, 0) is 0 Å². The number of nitrogens with two attached hydrogens (primary N) is 2. The molecule has 0 unspecified atom stereocenters. The summed E-state index contributed by atoms with van der Waals surface area (Å²) in [4.78, 5) is 2.43. The van der Waals surface area contributed by atoms with Gasteiger partial charge in [0.15, 0.2) is 0 Å². The molecule has 0 saturated heterocycles. The summed E-state index contributed by atoms with van der Waals surface area (Å²) in [6, 6.07) is 24.7. The molecule has 0 amide bonds. The highest BCUT2D eigenvalue weighted by molar-refractivity contribution is 8.76. The summed E-state index contributed by atoms with van der Waals surface area (Å²) in [6.07, 6.45) is 0. The van der Waals surface area contributed by atoms with Gasteiger partial charge in [-0.05, 0) is 35.0 Å². The third-order valence-electron chi connectivity index (χ3n) is 4.06. The lowest BCUT2D eigenvalue weighted by atomic mass is 10.1. The van der Waals surface area contributed by atoms with Gasteiger partial charge >= 0.3 is 0 Å². The van der Waals surface area contributed by atoms with Crippen LogP contribution in [-0.4, -0.2) is 0 Å². The molecule has 0 radical (unpaired) electrons. The number of nitrogen functional groups attached to an aromatic ring is 2. The van der Waals surface area contributed by atoms with Crippen molar-refractivity contribution in [3.05, 3.63) is 72.8 Å². The van der Waals surface area contributed by atoms with E-state index in [2.05, 4.69) is 48.5 Å². The number of rotatable bonds is 3. The van der Waals surface area contributed by atoms with Crippen molar-refractivity contribution in [3.8, 4) is 0 Å². The fourth-order valence-electron chi connectivity index (χ4n) is 2.82. The zero-order chi connectivity index (χ0) is 16.5. The fraction of sp³-hybridized carbons (Fsp3) is 0. The van der Waals surface area contributed by atoms with E-state index in [1.54, 1.807) is 21.6 Å². The lowest BCUT2D eigenvalue weighted by Crippen LogP contribution is -1.88. The second-order valence-electron chi connectivity index (χ2n) is 5.56. The van der Waals surface area contributed by atoms with Crippen molar-refractivity contribution in [1.29, 1.82) is 0 Å². The Morgan fingerprint density at radius 3 is 1.25 bits per heavy atom. The first-order valence-electron chi connectivity index (χ1n) is 7.63. The number of fused-ring (bicyclic) bond motifs is 2. The van der Waals surface area contributed by atoms with Crippen LogP contribution in [0.25, 0.3) is 21.5 Å². The van der Waals surface area contributed by atoms with Gasteiger partial charge in [0.1, 0.15) is 0 Å². The molecule has 24 heavy (non-hydrogen) atoms. The van der Waals surface area contributed by atoms with Crippen LogP contribution in [0.5, 0.6) is 0 Å². The van der Waals surface area contributed by atoms with Gasteiger partial charge in [-0.1, -0.05) is 70.1 Å². The number of anilines is 2. The van der Waals surface area contributed by atoms with Crippen LogP contribution in [0.4, 0.5) is 11.4 Å². The van der Waals surface area contributed by atoms with E-state index in [1.807, 2.05) is 24.3 Å². The van der Waals surface area contributed by atoms with E-state index in [-0.39, 0.29) is 0 Å². The Hall–Kier alpha value is -2.30. The lowest BCUT2D eigenvalue weighted by Gasteiger charge is -2.10. The van der Waals surface area contributed by atoms with E-state index in [4.69, 9.17) is 11.5 Å². The highest BCUT2D eigenvalue weighted by Gasteiger charge is 2.08. The molecule has 0 saturated carbocycles. The van der Waals surface area contributed by atoms with Crippen molar-refractivity contribution in [2.75, 3.05) is 11.5 Å². The zero-order valence-corrected chi connectivity index (χ0v) is 14.5. The number of benzene rings is 4. The van der Waals surface area contributed by atoms with Crippen LogP contribution in [0.2, 0.25) is 0 Å². The van der Waals surface area contributed by atoms with Crippen LogP contribution >= 0.6 is 21.6 Å². The van der Waals surface area contributed by atoms with Crippen LogP contribution in [0.1, 0.15) is 0 Å². The first-order chi connectivity index (χ1) is 11.7. The maximum absolute atomic E-state index is 6.09. The molecule has 0 fully saturated rings. The zero-order valence-electron chi connectivity index (χ0n) is 12.9. The molecule has 4 aromatic rings. The van der Waals surface area contributed by atoms with E-state index in [0.717, 1.165) is 22.1 Å². The quantitative estimate of drug-likeness (QED) is 0.354. The van der Waals surface area contributed by atoms with Gasteiger partial charge in [-0.3, -0.25) is 0 Å². The van der Waals surface area contributed by atoms with E-state index in [9.17, 15) is 0 Å². The van der Waals surface area contributed by atoms with Crippen molar-refractivity contribution < 1.29 is 0 Å². The molecule has 4 heteroatoms. The first-order valence-corrected chi connectivity index (χ1v) is 9.78. The minimum Gasteiger partial charge on any atom is -0.398 e. The second kappa shape index (κ2) is 6.30. The van der Waals surface area contributed by atoms with Gasteiger partial charge < -0.3 is 11.5 Å². The Kier molecular flexibility index (Phi) is 4.00. The van der Waals surface area contributed by atoms with Crippen molar-refractivity contribution in [1.82, 2.24) is 0 Å². The SMILES string of the molecule is Nc1ccc(SSc2ccc(N)c3ccccc23)c2ccccc12. The van der Waals surface area contributed by atoms with Crippen LogP contribution in [0, 0.1) is 0 Å². The van der Waals surface area contributed by atoms with Gasteiger partial charge in [0.25, 0.3) is 0 Å².